The molecule has 54 valence electrons. The van der Waals surface area contributed by atoms with Crippen LogP contribution in [0.15, 0.2) is 30.3 Å². The Morgan fingerprint density at radius 3 is 1.60 bits per heavy atom. The Morgan fingerprint density at radius 1 is 1.00 bits per heavy atom. The van der Waals surface area contributed by atoms with E-state index in [1.54, 1.807) is 0 Å². The monoisotopic (exact) mass is 134 g/mol. The van der Waals surface area contributed by atoms with Crippen molar-refractivity contribution in [2.45, 2.75) is 14.4 Å². The molecule has 0 heteroatoms. The summed E-state index contributed by atoms with van der Waals surface area (Å²) in [4.78, 5) is 0. The first-order valence-electron chi connectivity index (χ1n) is 2.74. The molecule has 0 spiro atoms. The highest BCUT2D eigenvalue weighted by molar-refractivity contribution is 5.11. The molecular formula is C10H14. The van der Waals surface area contributed by atoms with E-state index in [4.69, 9.17) is 0 Å². The van der Waals surface area contributed by atoms with Crippen molar-refractivity contribution < 1.29 is 0 Å². The SMILES string of the molecule is C.C#C.Cc1ccccc1. The summed E-state index contributed by atoms with van der Waals surface area (Å²) in [5.41, 5.74) is 1.32. The molecule has 0 atom stereocenters. The topological polar surface area (TPSA) is 0 Å². The van der Waals surface area contributed by atoms with Crippen molar-refractivity contribution in [3.63, 3.8) is 0 Å². The lowest BCUT2D eigenvalue weighted by Crippen LogP contribution is -1.62. The van der Waals surface area contributed by atoms with E-state index in [9.17, 15) is 0 Å². The minimum atomic E-state index is 0. The molecule has 0 aliphatic heterocycles. The highest BCUT2D eigenvalue weighted by Crippen LogP contribution is 1.92. The predicted molar refractivity (Wildman–Crippen MR) is 47.8 cm³/mol. The zero-order valence-electron chi connectivity index (χ0n) is 5.54. The van der Waals surface area contributed by atoms with Crippen molar-refractivity contribution in [2.75, 3.05) is 0 Å². The molecule has 0 saturated heterocycles. The van der Waals surface area contributed by atoms with Crippen LogP contribution in [0.1, 0.15) is 13.0 Å². The number of terminal acetylenes is 1. The van der Waals surface area contributed by atoms with Gasteiger partial charge in [-0.1, -0.05) is 43.3 Å². The van der Waals surface area contributed by atoms with Gasteiger partial charge in [0.25, 0.3) is 0 Å². The van der Waals surface area contributed by atoms with Crippen LogP contribution >= 0.6 is 0 Å². The summed E-state index contributed by atoms with van der Waals surface area (Å²) in [6, 6.07) is 10.3. The van der Waals surface area contributed by atoms with Gasteiger partial charge < -0.3 is 0 Å². The zero-order chi connectivity index (χ0) is 7.11. The van der Waals surface area contributed by atoms with Crippen LogP contribution in [-0.2, 0) is 0 Å². The van der Waals surface area contributed by atoms with Crippen LogP contribution in [0.3, 0.4) is 0 Å². The fourth-order valence-electron chi connectivity index (χ4n) is 0.534. The zero-order valence-corrected chi connectivity index (χ0v) is 5.54. The quantitative estimate of drug-likeness (QED) is 0.478. The summed E-state index contributed by atoms with van der Waals surface area (Å²) in [6.45, 7) is 2.08. The van der Waals surface area contributed by atoms with Gasteiger partial charge in [-0.25, -0.2) is 0 Å². The van der Waals surface area contributed by atoms with Crippen molar-refractivity contribution in [1.29, 1.82) is 0 Å². The summed E-state index contributed by atoms with van der Waals surface area (Å²) < 4.78 is 0. The van der Waals surface area contributed by atoms with E-state index in [2.05, 4.69) is 31.9 Å². The standard InChI is InChI=1S/C7H8.C2H2.CH4/c1-7-5-3-2-4-6-7;1-2;/h2-6H,1H3;1-2H;1H4. The van der Waals surface area contributed by atoms with Crippen LogP contribution in [0.2, 0.25) is 0 Å². The van der Waals surface area contributed by atoms with Crippen LogP contribution in [0.5, 0.6) is 0 Å². The van der Waals surface area contributed by atoms with Gasteiger partial charge in [0, 0.05) is 0 Å². The summed E-state index contributed by atoms with van der Waals surface area (Å²) in [5.74, 6) is 0. The Labute approximate surface area is 63.9 Å². The molecule has 0 N–H and O–H groups in total. The summed E-state index contributed by atoms with van der Waals surface area (Å²) in [7, 11) is 0. The fourth-order valence-corrected chi connectivity index (χ4v) is 0.534. The maximum atomic E-state index is 4.00. The Balaban J connectivity index is 0. The van der Waals surface area contributed by atoms with Gasteiger partial charge in [-0.3, -0.25) is 0 Å². The summed E-state index contributed by atoms with van der Waals surface area (Å²) in [6.07, 6.45) is 8.00. The third-order valence-corrected chi connectivity index (χ3v) is 0.940. The Bertz CT molecular complexity index is 160. The lowest BCUT2D eigenvalue weighted by atomic mass is 10.2. The number of aryl methyl sites for hydroxylation is 1. The number of hydrogen-bond acceptors (Lipinski definition) is 0. The molecule has 0 bridgehead atoms. The second-order valence-corrected chi connectivity index (χ2v) is 1.65. The lowest BCUT2D eigenvalue weighted by Gasteiger charge is -1.82. The largest absolute Gasteiger partial charge is 0.124 e. The molecule has 0 fully saturated rings. The van der Waals surface area contributed by atoms with Gasteiger partial charge in [0.2, 0.25) is 0 Å². The first kappa shape index (κ1) is 11.6. The van der Waals surface area contributed by atoms with Crippen LogP contribution in [-0.4, -0.2) is 0 Å². The maximum absolute atomic E-state index is 4.00. The molecular weight excluding hydrogens is 120 g/mol. The van der Waals surface area contributed by atoms with Crippen molar-refractivity contribution in [2.24, 2.45) is 0 Å². The average molecular weight is 134 g/mol. The van der Waals surface area contributed by atoms with Crippen LogP contribution in [0.25, 0.3) is 0 Å². The molecule has 0 heterocycles. The van der Waals surface area contributed by atoms with E-state index in [1.165, 1.54) is 5.56 Å². The van der Waals surface area contributed by atoms with E-state index in [1.807, 2.05) is 18.2 Å². The molecule has 1 aromatic carbocycles. The van der Waals surface area contributed by atoms with Crippen molar-refractivity contribution in [1.82, 2.24) is 0 Å². The van der Waals surface area contributed by atoms with Gasteiger partial charge in [-0.05, 0) is 6.92 Å². The Hall–Kier alpha value is -1.22. The van der Waals surface area contributed by atoms with Gasteiger partial charge in [-0.15, -0.1) is 12.8 Å². The number of rotatable bonds is 0. The normalized spacial score (nSPS) is 6.30. The number of benzene rings is 1. The van der Waals surface area contributed by atoms with E-state index in [-0.39, 0.29) is 7.43 Å². The molecule has 0 aliphatic carbocycles. The van der Waals surface area contributed by atoms with Gasteiger partial charge in [0.1, 0.15) is 0 Å². The second-order valence-electron chi connectivity index (χ2n) is 1.65. The molecule has 0 unspecified atom stereocenters. The van der Waals surface area contributed by atoms with Crippen LogP contribution < -0.4 is 0 Å². The van der Waals surface area contributed by atoms with E-state index < -0.39 is 0 Å². The molecule has 0 radical (unpaired) electrons. The molecule has 0 aromatic heterocycles. The molecule has 0 aliphatic rings. The van der Waals surface area contributed by atoms with Crippen molar-refractivity contribution >= 4 is 0 Å². The minimum absolute atomic E-state index is 0. The third kappa shape index (κ3) is 4.93. The van der Waals surface area contributed by atoms with Crippen molar-refractivity contribution in [3.05, 3.63) is 35.9 Å². The van der Waals surface area contributed by atoms with Gasteiger partial charge in [0.15, 0.2) is 0 Å². The first-order chi connectivity index (χ1) is 4.39. The van der Waals surface area contributed by atoms with Gasteiger partial charge in [0.05, 0.1) is 0 Å². The Morgan fingerprint density at radius 2 is 1.40 bits per heavy atom. The summed E-state index contributed by atoms with van der Waals surface area (Å²) >= 11 is 0. The fraction of sp³-hybridized carbons (Fsp3) is 0.200. The van der Waals surface area contributed by atoms with Gasteiger partial charge in [-0.2, -0.15) is 0 Å². The number of hydrogen-bond donors (Lipinski definition) is 0. The molecule has 0 nitrogen and oxygen atoms in total. The second kappa shape index (κ2) is 7.78. The van der Waals surface area contributed by atoms with E-state index >= 15 is 0 Å². The van der Waals surface area contributed by atoms with Gasteiger partial charge >= 0.3 is 0 Å². The average Bonchev–Trinajstić information content (AvgIpc) is 1.94. The van der Waals surface area contributed by atoms with Crippen LogP contribution in [0, 0.1) is 19.8 Å². The highest BCUT2D eigenvalue weighted by Gasteiger charge is 1.72. The third-order valence-electron chi connectivity index (χ3n) is 0.940. The van der Waals surface area contributed by atoms with Crippen LogP contribution in [0.4, 0.5) is 0 Å². The molecule has 10 heavy (non-hydrogen) atoms. The first-order valence-corrected chi connectivity index (χ1v) is 2.74. The molecule has 0 amide bonds. The Kier molecular flexibility index (Phi) is 8.99. The summed E-state index contributed by atoms with van der Waals surface area (Å²) in [5, 5.41) is 0. The highest BCUT2D eigenvalue weighted by atomic mass is 13.8. The van der Waals surface area contributed by atoms with E-state index in [0.717, 1.165) is 0 Å². The van der Waals surface area contributed by atoms with Crippen molar-refractivity contribution in [3.8, 4) is 12.8 Å². The minimum Gasteiger partial charge on any atom is -0.124 e. The predicted octanol–water partition coefficient (Wildman–Crippen LogP) is 2.88. The lowest BCUT2D eigenvalue weighted by molar-refractivity contribution is 1.48. The smallest absolute Gasteiger partial charge is 0.0398 e. The molecule has 1 rings (SSSR count). The maximum Gasteiger partial charge on any atom is -0.0398 e. The molecule has 1 aromatic rings. The molecule has 0 saturated carbocycles. The van der Waals surface area contributed by atoms with E-state index in [0.29, 0.717) is 0 Å².